The van der Waals surface area contributed by atoms with Crippen LogP contribution in [0.3, 0.4) is 0 Å². The second kappa shape index (κ2) is 4.89. The monoisotopic (exact) mass is 241 g/mol. The van der Waals surface area contributed by atoms with E-state index in [2.05, 4.69) is 0 Å². The van der Waals surface area contributed by atoms with Crippen molar-refractivity contribution in [1.29, 1.82) is 0 Å². The van der Waals surface area contributed by atoms with Gasteiger partial charge in [-0.3, -0.25) is 0 Å². The zero-order valence-electron chi connectivity index (χ0n) is 9.06. The van der Waals surface area contributed by atoms with Crippen molar-refractivity contribution in [2.24, 2.45) is 0 Å². The predicted molar refractivity (Wildman–Crippen MR) is 59.2 cm³/mol. The maximum atomic E-state index is 9.66. The third-order valence-electron chi connectivity index (χ3n) is 2.66. The number of aliphatic hydroxyl groups is 3. The van der Waals surface area contributed by atoms with Crippen LogP contribution < -0.4 is 10.5 Å². The molecule has 5 N–H and O–H groups in total. The van der Waals surface area contributed by atoms with Crippen molar-refractivity contribution >= 4 is 5.69 Å². The summed E-state index contributed by atoms with van der Waals surface area (Å²) in [6.45, 7) is -0.387. The van der Waals surface area contributed by atoms with Gasteiger partial charge in [0, 0.05) is 0 Å². The van der Waals surface area contributed by atoms with Gasteiger partial charge >= 0.3 is 0 Å². The van der Waals surface area contributed by atoms with Crippen LogP contribution in [0, 0.1) is 0 Å². The molecule has 0 radical (unpaired) electrons. The van der Waals surface area contributed by atoms with E-state index < -0.39 is 24.6 Å². The van der Waals surface area contributed by atoms with Crippen molar-refractivity contribution in [2.45, 2.75) is 24.6 Å². The second-order valence-electron chi connectivity index (χ2n) is 3.86. The van der Waals surface area contributed by atoms with E-state index >= 15 is 0 Å². The standard InChI is InChI=1S/C11H15NO5/c12-6-3-1-2-4-7(6)16-11-10(15)9(14)8(5-13)17-11/h1-4,8-11,13-15H,5,12H2/t8-,9+,10-,11?/m1/s1. The molecule has 0 spiro atoms. The Morgan fingerprint density at radius 1 is 1.24 bits per heavy atom. The molecule has 17 heavy (non-hydrogen) atoms. The van der Waals surface area contributed by atoms with E-state index in [1.54, 1.807) is 24.3 Å². The lowest BCUT2D eigenvalue weighted by Crippen LogP contribution is -2.35. The van der Waals surface area contributed by atoms with Gasteiger partial charge in [-0.1, -0.05) is 12.1 Å². The maximum Gasteiger partial charge on any atom is 0.229 e. The van der Waals surface area contributed by atoms with E-state index in [-0.39, 0.29) is 6.61 Å². The summed E-state index contributed by atoms with van der Waals surface area (Å²) < 4.78 is 10.5. The molecule has 1 aromatic carbocycles. The SMILES string of the molecule is Nc1ccccc1OC1O[C@H](CO)[C@H](O)[C@H]1O. The van der Waals surface area contributed by atoms with Crippen molar-refractivity contribution in [3.05, 3.63) is 24.3 Å². The molecule has 0 aromatic heterocycles. The van der Waals surface area contributed by atoms with Crippen LogP contribution in [0.5, 0.6) is 5.75 Å². The van der Waals surface area contributed by atoms with Gasteiger partial charge in [-0.25, -0.2) is 0 Å². The highest BCUT2D eigenvalue weighted by molar-refractivity contribution is 5.51. The first-order valence-corrected chi connectivity index (χ1v) is 5.27. The van der Waals surface area contributed by atoms with Gasteiger partial charge in [0.15, 0.2) is 0 Å². The molecule has 6 heteroatoms. The number of hydrogen-bond acceptors (Lipinski definition) is 6. The lowest BCUT2D eigenvalue weighted by atomic mass is 10.1. The normalized spacial score (nSPS) is 32.6. The number of aliphatic hydroxyl groups excluding tert-OH is 3. The molecular formula is C11H15NO5. The van der Waals surface area contributed by atoms with E-state index in [0.29, 0.717) is 11.4 Å². The van der Waals surface area contributed by atoms with Crippen LogP contribution in [0.4, 0.5) is 5.69 Å². The molecule has 2 rings (SSSR count). The van der Waals surface area contributed by atoms with E-state index in [4.69, 9.17) is 20.3 Å². The number of benzene rings is 1. The Kier molecular flexibility index (Phi) is 3.49. The number of ether oxygens (including phenoxy) is 2. The fourth-order valence-corrected chi connectivity index (χ4v) is 1.68. The minimum absolute atomic E-state index is 0.363. The van der Waals surface area contributed by atoms with Gasteiger partial charge in [0.05, 0.1) is 12.3 Å². The fraction of sp³-hybridized carbons (Fsp3) is 0.455. The van der Waals surface area contributed by atoms with Crippen LogP contribution >= 0.6 is 0 Å². The summed E-state index contributed by atoms with van der Waals surface area (Å²) in [6.07, 6.45) is -4.27. The number of nitrogens with two attached hydrogens (primary N) is 1. The number of nitrogen functional groups attached to an aromatic ring is 1. The van der Waals surface area contributed by atoms with Gasteiger partial charge in [0.2, 0.25) is 6.29 Å². The molecule has 0 bridgehead atoms. The van der Waals surface area contributed by atoms with Crippen LogP contribution in [0.15, 0.2) is 24.3 Å². The largest absolute Gasteiger partial charge is 0.460 e. The third-order valence-corrected chi connectivity index (χ3v) is 2.66. The molecule has 1 heterocycles. The molecule has 0 amide bonds. The summed E-state index contributed by atoms with van der Waals surface area (Å²) in [5, 5.41) is 28.1. The Balaban J connectivity index is 2.08. The van der Waals surface area contributed by atoms with Crippen molar-refractivity contribution < 1.29 is 24.8 Å². The first-order valence-electron chi connectivity index (χ1n) is 5.27. The van der Waals surface area contributed by atoms with E-state index in [9.17, 15) is 10.2 Å². The van der Waals surface area contributed by atoms with Gasteiger partial charge in [0.25, 0.3) is 0 Å². The van der Waals surface area contributed by atoms with Crippen molar-refractivity contribution in [1.82, 2.24) is 0 Å². The van der Waals surface area contributed by atoms with E-state index in [1.807, 2.05) is 0 Å². The second-order valence-corrected chi connectivity index (χ2v) is 3.86. The Bertz CT molecular complexity index is 386. The number of hydrogen-bond donors (Lipinski definition) is 4. The van der Waals surface area contributed by atoms with Gasteiger partial charge in [-0.2, -0.15) is 0 Å². The molecular weight excluding hydrogens is 226 g/mol. The molecule has 1 fully saturated rings. The molecule has 94 valence electrons. The van der Waals surface area contributed by atoms with Gasteiger partial charge < -0.3 is 30.5 Å². The topological polar surface area (TPSA) is 105 Å². The van der Waals surface area contributed by atoms with E-state index in [1.165, 1.54) is 0 Å². The molecule has 0 aliphatic carbocycles. The minimum atomic E-state index is -1.22. The number of para-hydroxylation sites is 2. The van der Waals surface area contributed by atoms with E-state index in [0.717, 1.165) is 0 Å². The Labute approximate surface area is 98.2 Å². The minimum Gasteiger partial charge on any atom is -0.460 e. The number of rotatable bonds is 3. The average molecular weight is 241 g/mol. The lowest BCUT2D eigenvalue weighted by molar-refractivity contribution is -0.116. The Morgan fingerprint density at radius 3 is 2.53 bits per heavy atom. The quantitative estimate of drug-likeness (QED) is 0.510. The van der Waals surface area contributed by atoms with Crippen LogP contribution in [0.1, 0.15) is 0 Å². The first-order chi connectivity index (χ1) is 8.13. The molecule has 1 saturated heterocycles. The molecule has 0 saturated carbocycles. The summed E-state index contributed by atoms with van der Waals surface area (Å²) in [5.74, 6) is 0.363. The van der Waals surface area contributed by atoms with Gasteiger partial charge in [0.1, 0.15) is 24.1 Å². The zero-order chi connectivity index (χ0) is 12.4. The maximum absolute atomic E-state index is 9.66. The summed E-state index contributed by atoms with van der Waals surface area (Å²) in [4.78, 5) is 0. The smallest absolute Gasteiger partial charge is 0.229 e. The molecule has 4 atom stereocenters. The highest BCUT2D eigenvalue weighted by atomic mass is 16.7. The molecule has 1 unspecified atom stereocenters. The van der Waals surface area contributed by atoms with Crippen LogP contribution in [-0.2, 0) is 4.74 Å². The average Bonchev–Trinajstić information content (AvgIpc) is 2.60. The summed E-state index contributed by atoms with van der Waals surface area (Å²) >= 11 is 0. The fourth-order valence-electron chi connectivity index (χ4n) is 1.68. The van der Waals surface area contributed by atoms with Crippen LogP contribution in [-0.4, -0.2) is 46.5 Å². The molecule has 6 nitrogen and oxygen atoms in total. The van der Waals surface area contributed by atoms with Crippen LogP contribution in [0.25, 0.3) is 0 Å². The highest BCUT2D eigenvalue weighted by Gasteiger charge is 2.44. The highest BCUT2D eigenvalue weighted by Crippen LogP contribution is 2.27. The van der Waals surface area contributed by atoms with Crippen LogP contribution in [0.2, 0.25) is 0 Å². The van der Waals surface area contributed by atoms with Crippen molar-refractivity contribution in [2.75, 3.05) is 12.3 Å². The lowest BCUT2D eigenvalue weighted by Gasteiger charge is -2.17. The summed E-state index contributed by atoms with van der Waals surface area (Å²) in [6, 6.07) is 6.76. The van der Waals surface area contributed by atoms with Crippen molar-refractivity contribution in [3.63, 3.8) is 0 Å². The molecule has 1 aliphatic rings. The molecule has 1 aliphatic heterocycles. The first kappa shape index (κ1) is 12.1. The number of anilines is 1. The third kappa shape index (κ3) is 2.34. The van der Waals surface area contributed by atoms with Crippen molar-refractivity contribution in [3.8, 4) is 5.75 Å². The Morgan fingerprint density at radius 2 is 1.94 bits per heavy atom. The summed E-state index contributed by atoms with van der Waals surface area (Å²) in [7, 11) is 0. The zero-order valence-corrected chi connectivity index (χ0v) is 9.06. The van der Waals surface area contributed by atoms with Gasteiger partial charge in [-0.05, 0) is 12.1 Å². The molecule has 1 aromatic rings. The Hall–Kier alpha value is -1.34. The summed E-state index contributed by atoms with van der Waals surface area (Å²) in [5.41, 5.74) is 6.08. The predicted octanol–water partition coefficient (Wildman–Crippen LogP) is -0.913. The van der Waals surface area contributed by atoms with Gasteiger partial charge in [-0.15, -0.1) is 0 Å².